The van der Waals surface area contributed by atoms with Gasteiger partial charge in [-0.05, 0) is 42.9 Å². The number of carbonyl (C=O) groups excluding carboxylic acids is 1. The van der Waals surface area contributed by atoms with E-state index in [1.807, 2.05) is 12.3 Å². The molecule has 14 heavy (non-hydrogen) atoms. The van der Waals surface area contributed by atoms with Gasteiger partial charge in [0.05, 0.1) is 5.69 Å². The standard InChI is InChI=1S/C12H11NO/c14-10-5-7-1-2-8-6-12(7,8)9-3-4-13-11(9)10/h3-5,8,13H,1-2,6H2/t8-,12?/m0/s1. The molecule has 3 aliphatic rings. The fourth-order valence-electron chi connectivity index (χ4n) is 3.50. The van der Waals surface area contributed by atoms with Gasteiger partial charge in [0.2, 0.25) is 5.78 Å². The van der Waals surface area contributed by atoms with Gasteiger partial charge < -0.3 is 4.98 Å². The third-order valence-electron chi connectivity index (χ3n) is 4.22. The van der Waals surface area contributed by atoms with E-state index in [1.54, 1.807) is 0 Å². The molecule has 1 aromatic heterocycles. The Morgan fingerprint density at radius 2 is 2.43 bits per heavy atom. The summed E-state index contributed by atoms with van der Waals surface area (Å²) < 4.78 is 0. The summed E-state index contributed by atoms with van der Waals surface area (Å²) in [5.41, 5.74) is 3.84. The molecule has 2 saturated carbocycles. The number of hydrogen-bond acceptors (Lipinski definition) is 1. The molecule has 1 N–H and O–H groups in total. The second-order valence-electron chi connectivity index (χ2n) is 4.71. The van der Waals surface area contributed by atoms with Crippen LogP contribution in [0.4, 0.5) is 0 Å². The zero-order valence-corrected chi connectivity index (χ0v) is 7.84. The lowest BCUT2D eigenvalue weighted by atomic mass is 9.83. The predicted octanol–water partition coefficient (Wildman–Crippen LogP) is 2.19. The van der Waals surface area contributed by atoms with Gasteiger partial charge >= 0.3 is 0 Å². The molecule has 2 heteroatoms. The monoisotopic (exact) mass is 185 g/mol. The number of hydrogen-bond donors (Lipinski definition) is 1. The first-order valence-electron chi connectivity index (χ1n) is 5.25. The van der Waals surface area contributed by atoms with Crippen LogP contribution in [-0.4, -0.2) is 10.8 Å². The van der Waals surface area contributed by atoms with Crippen molar-refractivity contribution in [2.24, 2.45) is 5.92 Å². The SMILES string of the molecule is O=C1C=C2CC[C@H]3CC23c2cc[nH]c21. The molecular weight excluding hydrogens is 174 g/mol. The Morgan fingerprint density at radius 1 is 1.50 bits per heavy atom. The minimum Gasteiger partial charge on any atom is -0.358 e. The molecule has 3 aliphatic carbocycles. The first-order valence-corrected chi connectivity index (χ1v) is 5.25. The van der Waals surface area contributed by atoms with Crippen LogP contribution in [0, 0.1) is 5.92 Å². The number of carbonyl (C=O) groups is 1. The zero-order chi connectivity index (χ0) is 9.34. The van der Waals surface area contributed by atoms with Crippen LogP contribution in [0.15, 0.2) is 23.9 Å². The van der Waals surface area contributed by atoms with Crippen molar-refractivity contribution < 1.29 is 4.79 Å². The molecule has 4 rings (SSSR count). The van der Waals surface area contributed by atoms with Crippen LogP contribution in [0.5, 0.6) is 0 Å². The van der Waals surface area contributed by atoms with Crippen molar-refractivity contribution in [1.82, 2.24) is 4.98 Å². The topological polar surface area (TPSA) is 32.9 Å². The quantitative estimate of drug-likeness (QED) is 0.660. The highest BCUT2D eigenvalue weighted by atomic mass is 16.1. The van der Waals surface area contributed by atoms with E-state index in [-0.39, 0.29) is 5.78 Å². The van der Waals surface area contributed by atoms with Crippen molar-refractivity contribution >= 4 is 5.78 Å². The number of aromatic amines is 1. The maximum absolute atomic E-state index is 11.7. The van der Waals surface area contributed by atoms with Gasteiger partial charge in [0, 0.05) is 11.6 Å². The fourth-order valence-corrected chi connectivity index (χ4v) is 3.50. The Hall–Kier alpha value is -1.31. The Morgan fingerprint density at radius 3 is 3.29 bits per heavy atom. The summed E-state index contributed by atoms with van der Waals surface area (Å²) >= 11 is 0. The van der Waals surface area contributed by atoms with Crippen molar-refractivity contribution in [3.8, 4) is 0 Å². The average molecular weight is 185 g/mol. The van der Waals surface area contributed by atoms with Crippen LogP contribution in [0.2, 0.25) is 0 Å². The highest BCUT2D eigenvalue weighted by Crippen LogP contribution is 2.68. The van der Waals surface area contributed by atoms with Crippen molar-refractivity contribution in [2.75, 3.05) is 0 Å². The maximum atomic E-state index is 11.7. The fraction of sp³-hybridized carbons (Fsp3) is 0.417. The third-order valence-corrected chi connectivity index (χ3v) is 4.22. The summed E-state index contributed by atoms with van der Waals surface area (Å²) in [7, 11) is 0. The molecule has 2 nitrogen and oxygen atoms in total. The summed E-state index contributed by atoms with van der Waals surface area (Å²) in [6.07, 6.45) is 7.48. The largest absolute Gasteiger partial charge is 0.358 e. The second-order valence-corrected chi connectivity index (χ2v) is 4.71. The van der Waals surface area contributed by atoms with Gasteiger partial charge in [-0.1, -0.05) is 5.57 Å². The minimum atomic E-state index is 0.179. The third kappa shape index (κ3) is 0.551. The Balaban J connectivity index is 2.05. The van der Waals surface area contributed by atoms with Crippen molar-refractivity contribution in [3.63, 3.8) is 0 Å². The van der Waals surface area contributed by atoms with Crippen molar-refractivity contribution in [1.29, 1.82) is 0 Å². The molecule has 0 amide bonds. The van der Waals surface area contributed by atoms with E-state index in [1.165, 1.54) is 24.0 Å². The molecule has 0 saturated heterocycles. The Bertz CT molecular complexity index is 482. The molecule has 0 aliphatic heterocycles. The van der Waals surface area contributed by atoms with E-state index in [0.717, 1.165) is 18.0 Å². The van der Waals surface area contributed by atoms with Gasteiger partial charge in [0.1, 0.15) is 0 Å². The molecule has 1 heterocycles. The van der Waals surface area contributed by atoms with Crippen LogP contribution in [0.1, 0.15) is 35.3 Å². The van der Waals surface area contributed by atoms with E-state index in [9.17, 15) is 4.79 Å². The highest BCUT2D eigenvalue weighted by Gasteiger charge is 2.63. The number of allylic oxidation sites excluding steroid dienone is 2. The molecule has 0 aromatic carbocycles. The van der Waals surface area contributed by atoms with E-state index < -0.39 is 0 Å². The molecule has 1 unspecified atom stereocenters. The number of aromatic nitrogens is 1. The first-order chi connectivity index (χ1) is 6.82. The van der Waals surface area contributed by atoms with Crippen molar-refractivity contribution in [3.05, 3.63) is 35.2 Å². The van der Waals surface area contributed by atoms with Gasteiger partial charge in [0.25, 0.3) is 0 Å². The van der Waals surface area contributed by atoms with Gasteiger partial charge in [-0.3, -0.25) is 4.79 Å². The van der Waals surface area contributed by atoms with Crippen LogP contribution in [-0.2, 0) is 5.41 Å². The number of ketones is 1. The Kier molecular flexibility index (Phi) is 0.944. The maximum Gasteiger partial charge on any atom is 0.202 e. The summed E-state index contributed by atoms with van der Waals surface area (Å²) in [5, 5.41) is 0. The molecule has 2 fully saturated rings. The molecule has 1 aromatic rings. The molecule has 70 valence electrons. The van der Waals surface area contributed by atoms with Crippen LogP contribution < -0.4 is 0 Å². The zero-order valence-electron chi connectivity index (χ0n) is 7.84. The molecular formula is C12H11NO. The number of rotatable bonds is 0. The lowest BCUT2D eigenvalue weighted by Crippen LogP contribution is -2.19. The van der Waals surface area contributed by atoms with E-state index in [0.29, 0.717) is 5.41 Å². The van der Waals surface area contributed by atoms with Gasteiger partial charge in [-0.25, -0.2) is 0 Å². The highest BCUT2D eigenvalue weighted by molar-refractivity contribution is 6.07. The summed E-state index contributed by atoms with van der Waals surface area (Å²) in [6, 6.07) is 2.10. The smallest absolute Gasteiger partial charge is 0.202 e. The van der Waals surface area contributed by atoms with E-state index in [2.05, 4.69) is 11.1 Å². The molecule has 1 spiro atoms. The summed E-state index contributed by atoms with van der Waals surface area (Å²) in [6.45, 7) is 0. The van der Waals surface area contributed by atoms with Gasteiger partial charge in [-0.15, -0.1) is 0 Å². The normalized spacial score (nSPS) is 37.3. The van der Waals surface area contributed by atoms with Crippen molar-refractivity contribution in [2.45, 2.75) is 24.7 Å². The summed E-state index contributed by atoms with van der Waals surface area (Å²) in [5.74, 6) is 1.01. The van der Waals surface area contributed by atoms with E-state index >= 15 is 0 Å². The van der Waals surface area contributed by atoms with Gasteiger partial charge in [-0.2, -0.15) is 0 Å². The molecule has 2 atom stereocenters. The summed E-state index contributed by atoms with van der Waals surface area (Å²) in [4.78, 5) is 14.8. The molecule has 0 radical (unpaired) electrons. The second kappa shape index (κ2) is 1.88. The van der Waals surface area contributed by atoms with Crippen LogP contribution in [0.25, 0.3) is 0 Å². The average Bonchev–Trinajstić information content (AvgIpc) is 2.62. The number of H-pyrrole nitrogens is 1. The Labute approximate surface area is 82.0 Å². The van der Waals surface area contributed by atoms with Gasteiger partial charge in [0.15, 0.2) is 0 Å². The van der Waals surface area contributed by atoms with Crippen LogP contribution >= 0.6 is 0 Å². The minimum absolute atomic E-state index is 0.179. The predicted molar refractivity (Wildman–Crippen MR) is 52.2 cm³/mol. The number of fused-ring (bicyclic) bond motifs is 1. The van der Waals surface area contributed by atoms with E-state index in [4.69, 9.17) is 0 Å². The van der Waals surface area contributed by atoms with Crippen LogP contribution in [0.3, 0.4) is 0 Å². The molecule has 0 bridgehead atoms. The lowest BCUT2D eigenvalue weighted by Gasteiger charge is -2.20. The first kappa shape index (κ1) is 7.04. The lowest BCUT2D eigenvalue weighted by molar-refractivity contribution is 0.103. The number of nitrogens with one attached hydrogen (secondary N) is 1.